The quantitative estimate of drug-likeness (QED) is 0.800. The molecule has 1 atom stereocenters. The van der Waals surface area contributed by atoms with Crippen LogP contribution in [0.2, 0.25) is 0 Å². The molecule has 4 heteroatoms. The minimum absolute atomic E-state index is 0.0525. The summed E-state index contributed by atoms with van der Waals surface area (Å²) in [5.74, 6) is -0.0450. The van der Waals surface area contributed by atoms with E-state index in [1.54, 1.807) is 19.1 Å². The van der Waals surface area contributed by atoms with E-state index >= 15 is 0 Å². The highest BCUT2D eigenvalue weighted by Crippen LogP contribution is 2.29. The van der Waals surface area contributed by atoms with Crippen LogP contribution in [0.25, 0.3) is 0 Å². The van der Waals surface area contributed by atoms with Crippen LogP contribution in [-0.4, -0.2) is 23.0 Å². The molecule has 3 rings (SSSR count). The number of hydrogen-bond donors (Lipinski definition) is 0. The van der Waals surface area contributed by atoms with Gasteiger partial charge in [0.2, 0.25) is 0 Å². The van der Waals surface area contributed by atoms with Gasteiger partial charge in [-0.05, 0) is 44.4 Å². The fourth-order valence-corrected chi connectivity index (χ4v) is 2.81. The molecule has 0 saturated heterocycles. The number of benzene rings is 2. The van der Waals surface area contributed by atoms with Crippen LogP contribution >= 0.6 is 0 Å². The fourth-order valence-electron chi connectivity index (χ4n) is 2.81. The Kier molecular flexibility index (Phi) is 4.84. The zero-order valence-corrected chi connectivity index (χ0v) is 14.0. The summed E-state index contributed by atoms with van der Waals surface area (Å²) in [6.07, 6.45) is 1.42. The maximum Gasteiger partial charge on any atom is 0.263 e. The summed E-state index contributed by atoms with van der Waals surface area (Å²) in [5, 5.41) is 0. The number of rotatable bonds is 6. The van der Waals surface area contributed by atoms with Gasteiger partial charge in [-0.15, -0.1) is 0 Å². The number of aryl methyl sites for hydroxylation is 1. The zero-order chi connectivity index (χ0) is 17.1. The Bertz CT molecular complexity index is 727. The number of amides is 1. The van der Waals surface area contributed by atoms with E-state index in [1.807, 2.05) is 30.0 Å². The number of carbonyl (C=O) groups excluding carboxylic acids is 1. The van der Waals surface area contributed by atoms with E-state index in [9.17, 15) is 9.18 Å². The average Bonchev–Trinajstić information content (AvgIpc) is 3.37. The third kappa shape index (κ3) is 4.13. The molecule has 0 spiro atoms. The molecule has 1 amide bonds. The first-order chi connectivity index (χ1) is 11.5. The highest BCUT2D eigenvalue weighted by atomic mass is 19.1. The van der Waals surface area contributed by atoms with E-state index in [4.69, 9.17) is 4.74 Å². The second kappa shape index (κ2) is 7.04. The van der Waals surface area contributed by atoms with Gasteiger partial charge in [-0.25, -0.2) is 4.39 Å². The van der Waals surface area contributed by atoms with Crippen LogP contribution in [0.1, 0.15) is 30.9 Å². The molecule has 1 aliphatic rings. The van der Waals surface area contributed by atoms with E-state index in [0.29, 0.717) is 12.3 Å². The summed E-state index contributed by atoms with van der Waals surface area (Å²) in [6, 6.07) is 14.4. The van der Waals surface area contributed by atoms with Crippen molar-refractivity contribution in [1.82, 2.24) is 4.90 Å². The third-order valence-corrected chi connectivity index (χ3v) is 4.16. The van der Waals surface area contributed by atoms with E-state index in [-0.39, 0.29) is 17.8 Å². The van der Waals surface area contributed by atoms with E-state index < -0.39 is 6.10 Å². The van der Waals surface area contributed by atoms with Crippen LogP contribution in [0.4, 0.5) is 4.39 Å². The lowest BCUT2D eigenvalue weighted by molar-refractivity contribution is -0.139. The zero-order valence-electron chi connectivity index (χ0n) is 14.0. The molecule has 0 bridgehead atoms. The van der Waals surface area contributed by atoms with E-state index in [0.717, 1.165) is 18.4 Å². The van der Waals surface area contributed by atoms with Gasteiger partial charge in [-0.3, -0.25) is 4.79 Å². The van der Waals surface area contributed by atoms with Crippen molar-refractivity contribution in [2.24, 2.45) is 0 Å². The molecule has 1 aliphatic carbocycles. The molecule has 1 fully saturated rings. The smallest absolute Gasteiger partial charge is 0.263 e. The van der Waals surface area contributed by atoms with Gasteiger partial charge < -0.3 is 9.64 Å². The second-order valence-corrected chi connectivity index (χ2v) is 6.40. The fraction of sp³-hybridized carbons (Fsp3) is 0.350. The van der Waals surface area contributed by atoms with Crippen LogP contribution in [0, 0.1) is 12.7 Å². The summed E-state index contributed by atoms with van der Waals surface area (Å²) < 4.78 is 18.9. The maximum absolute atomic E-state index is 13.3. The van der Waals surface area contributed by atoms with Crippen molar-refractivity contribution in [1.29, 1.82) is 0 Å². The van der Waals surface area contributed by atoms with Gasteiger partial charge >= 0.3 is 0 Å². The van der Waals surface area contributed by atoms with Gasteiger partial charge in [0.05, 0.1) is 0 Å². The molecule has 0 heterocycles. The Morgan fingerprint density at radius 2 is 2.00 bits per heavy atom. The minimum atomic E-state index is -0.641. The molecule has 0 N–H and O–H groups in total. The molecule has 1 unspecified atom stereocenters. The van der Waals surface area contributed by atoms with Crippen molar-refractivity contribution in [3.05, 3.63) is 65.5 Å². The highest BCUT2D eigenvalue weighted by Gasteiger charge is 2.35. The normalized spacial score (nSPS) is 15.0. The van der Waals surface area contributed by atoms with Crippen LogP contribution in [0.3, 0.4) is 0 Å². The molecule has 0 radical (unpaired) electrons. The first kappa shape index (κ1) is 16.5. The third-order valence-electron chi connectivity index (χ3n) is 4.16. The predicted molar refractivity (Wildman–Crippen MR) is 91.2 cm³/mol. The van der Waals surface area contributed by atoms with Gasteiger partial charge in [-0.1, -0.05) is 35.9 Å². The Morgan fingerprint density at radius 3 is 2.67 bits per heavy atom. The molecular weight excluding hydrogens is 305 g/mol. The lowest BCUT2D eigenvalue weighted by Gasteiger charge is -2.26. The molecule has 126 valence electrons. The van der Waals surface area contributed by atoms with E-state index in [2.05, 4.69) is 6.07 Å². The number of nitrogens with zero attached hydrogens (tertiary/aromatic N) is 1. The van der Waals surface area contributed by atoms with Crippen molar-refractivity contribution in [2.75, 3.05) is 0 Å². The van der Waals surface area contributed by atoms with Crippen molar-refractivity contribution in [2.45, 2.75) is 45.4 Å². The average molecular weight is 327 g/mol. The van der Waals surface area contributed by atoms with Crippen LogP contribution in [-0.2, 0) is 11.3 Å². The lowest BCUT2D eigenvalue weighted by atomic mass is 10.1. The van der Waals surface area contributed by atoms with Crippen LogP contribution in [0.5, 0.6) is 5.75 Å². The van der Waals surface area contributed by atoms with Crippen molar-refractivity contribution in [3.8, 4) is 5.75 Å². The summed E-state index contributed by atoms with van der Waals surface area (Å²) in [6.45, 7) is 4.35. The Labute approximate surface area is 142 Å². The first-order valence-electron chi connectivity index (χ1n) is 8.31. The molecule has 1 saturated carbocycles. The Morgan fingerprint density at radius 1 is 1.25 bits per heavy atom. The number of hydrogen-bond acceptors (Lipinski definition) is 2. The standard InChI is InChI=1S/C20H22FNO2/c1-14-5-3-6-16(11-14)13-22(18-9-10-18)20(23)15(2)24-19-8-4-7-17(21)12-19/h3-8,11-12,15,18H,9-10,13H2,1-2H3. The summed E-state index contributed by atoms with van der Waals surface area (Å²) in [4.78, 5) is 14.7. The van der Waals surface area contributed by atoms with Crippen molar-refractivity contribution < 1.29 is 13.9 Å². The van der Waals surface area contributed by atoms with Crippen molar-refractivity contribution >= 4 is 5.91 Å². The maximum atomic E-state index is 13.3. The Hall–Kier alpha value is -2.36. The first-order valence-corrected chi connectivity index (χ1v) is 8.31. The largest absolute Gasteiger partial charge is 0.481 e. The number of ether oxygens (including phenoxy) is 1. The molecular formula is C20H22FNO2. The van der Waals surface area contributed by atoms with Gasteiger partial charge in [0, 0.05) is 18.7 Å². The van der Waals surface area contributed by atoms with Gasteiger partial charge in [0.15, 0.2) is 6.10 Å². The Balaban J connectivity index is 1.70. The SMILES string of the molecule is Cc1cccc(CN(C(=O)C(C)Oc2cccc(F)c2)C2CC2)c1. The second-order valence-electron chi connectivity index (χ2n) is 6.40. The molecule has 2 aromatic rings. The van der Waals surface area contributed by atoms with Crippen molar-refractivity contribution in [3.63, 3.8) is 0 Å². The summed E-state index contributed by atoms with van der Waals surface area (Å²) >= 11 is 0. The monoisotopic (exact) mass is 327 g/mol. The summed E-state index contributed by atoms with van der Waals surface area (Å²) in [7, 11) is 0. The van der Waals surface area contributed by atoms with Gasteiger partial charge in [-0.2, -0.15) is 0 Å². The molecule has 2 aromatic carbocycles. The minimum Gasteiger partial charge on any atom is -0.481 e. The number of halogens is 1. The number of carbonyl (C=O) groups is 1. The van der Waals surface area contributed by atoms with Crippen LogP contribution in [0.15, 0.2) is 48.5 Å². The lowest BCUT2D eigenvalue weighted by Crippen LogP contribution is -2.41. The van der Waals surface area contributed by atoms with E-state index in [1.165, 1.54) is 17.7 Å². The molecule has 0 aliphatic heterocycles. The van der Waals surface area contributed by atoms with Gasteiger partial charge in [0.1, 0.15) is 11.6 Å². The molecule has 24 heavy (non-hydrogen) atoms. The molecule has 3 nitrogen and oxygen atoms in total. The summed E-state index contributed by atoms with van der Waals surface area (Å²) in [5.41, 5.74) is 2.30. The van der Waals surface area contributed by atoms with Gasteiger partial charge in [0.25, 0.3) is 5.91 Å². The van der Waals surface area contributed by atoms with Crippen LogP contribution < -0.4 is 4.74 Å². The topological polar surface area (TPSA) is 29.5 Å². The predicted octanol–water partition coefficient (Wildman–Crippen LogP) is 4.09. The molecule has 0 aromatic heterocycles. The highest BCUT2D eigenvalue weighted by molar-refractivity contribution is 5.81.